The third kappa shape index (κ3) is 2.88. The zero-order valence-electron chi connectivity index (χ0n) is 10.3. The van der Waals surface area contributed by atoms with Gasteiger partial charge in [0.2, 0.25) is 0 Å². The van der Waals surface area contributed by atoms with Gasteiger partial charge in [0, 0.05) is 36.5 Å². The Morgan fingerprint density at radius 3 is 2.88 bits per heavy atom. The van der Waals surface area contributed by atoms with Gasteiger partial charge >= 0.3 is 0 Å². The minimum absolute atomic E-state index is 0.142. The molecule has 1 heterocycles. The summed E-state index contributed by atoms with van der Waals surface area (Å²) in [5, 5.41) is 0.774. The fourth-order valence-electron chi connectivity index (χ4n) is 2.36. The van der Waals surface area contributed by atoms with E-state index in [2.05, 4.69) is 17.9 Å². The second kappa shape index (κ2) is 5.19. The Morgan fingerprint density at radius 2 is 2.18 bits per heavy atom. The Balaban J connectivity index is 2.06. The predicted octanol–water partition coefficient (Wildman–Crippen LogP) is 3.14. The molecule has 17 heavy (non-hydrogen) atoms. The number of rotatable bonds is 2. The number of carbonyl (C=O) groups excluding carboxylic acids is 1. The SMILES string of the molecule is CC1C(=O)CCN(Cc2cccc(Cl)c2)C1C. The van der Waals surface area contributed by atoms with Crippen LogP contribution in [0.1, 0.15) is 25.8 Å². The molecule has 1 saturated heterocycles. The summed E-state index contributed by atoms with van der Waals surface area (Å²) in [5.74, 6) is 0.530. The molecule has 0 saturated carbocycles. The maximum atomic E-state index is 11.6. The number of Topliss-reactive ketones (excluding diaryl/α,β-unsaturated/α-hetero) is 1. The van der Waals surface area contributed by atoms with Crippen molar-refractivity contribution in [3.05, 3.63) is 34.9 Å². The lowest BCUT2D eigenvalue weighted by atomic mass is 9.90. The van der Waals surface area contributed by atoms with Crippen molar-refractivity contribution in [2.45, 2.75) is 32.9 Å². The number of piperidine rings is 1. The number of nitrogens with zero attached hydrogens (tertiary/aromatic N) is 1. The smallest absolute Gasteiger partial charge is 0.138 e. The number of halogens is 1. The van der Waals surface area contributed by atoms with E-state index in [1.165, 1.54) is 5.56 Å². The van der Waals surface area contributed by atoms with Crippen LogP contribution in [0.3, 0.4) is 0 Å². The molecule has 2 nitrogen and oxygen atoms in total. The van der Waals surface area contributed by atoms with E-state index in [-0.39, 0.29) is 5.92 Å². The minimum atomic E-state index is 0.142. The van der Waals surface area contributed by atoms with Gasteiger partial charge in [0.05, 0.1) is 0 Å². The summed E-state index contributed by atoms with van der Waals surface area (Å²) in [6, 6.07) is 8.25. The van der Waals surface area contributed by atoms with Gasteiger partial charge in [0.15, 0.2) is 0 Å². The minimum Gasteiger partial charge on any atom is -0.299 e. The molecule has 1 aliphatic heterocycles. The van der Waals surface area contributed by atoms with Gasteiger partial charge in [-0.15, -0.1) is 0 Å². The molecule has 0 bridgehead atoms. The molecule has 0 amide bonds. The van der Waals surface area contributed by atoms with Crippen LogP contribution in [-0.2, 0) is 11.3 Å². The summed E-state index contributed by atoms with van der Waals surface area (Å²) in [4.78, 5) is 14.0. The standard InChI is InChI=1S/C14H18ClNO/c1-10-11(2)16(7-6-14(10)17)9-12-4-3-5-13(15)8-12/h3-5,8,10-11H,6-7,9H2,1-2H3. The van der Waals surface area contributed by atoms with Crippen molar-refractivity contribution in [3.63, 3.8) is 0 Å². The quantitative estimate of drug-likeness (QED) is 0.805. The highest BCUT2D eigenvalue weighted by atomic mass is 35.5. The topological polar surface area (TPSA) is 20.3 Å². The fraction of sp³-hybridized carbons (Fsp3) is 0.500. The number of benzene rings is 1. The van der Waals surface area contributed by atoms with E-state index < -0.39 is 0 Å². The Hall–Kier alpha value is -0.860. The Morgan fingerprint density at radius 1 is 1.41 bits per heavy atom. The molecule has 0 aromatic heterocycles. The summed E-state index contributed by atoms with van der Waals surface area (Å²) >= 11 is 5.98. The van der Waals surface area contributed by atoms with Crippen LogP contribution in [0.25, 0.3) is 0 Å². The first kappa shape index (κ1) is 12.6. The number of ketones is 1. The van der Waals surface area contributed by atoms with Gasteiger partial charge < -0.3 is 0 Å². The van der Waals surface area contributed by atoms with Crippen LogP contribution >= 0.6 is 11.6 Å². The van der Waals surface area contributed by atoms with Crippen LogP contribution in [0.4, 0.5) is 0 Å². The zero-order valence-corrected chi connectivity index (χ0v) is 11.1. The van der Waals surface area contributed by atoms with Crippen molar-refractivity contribution in [2.75, 3.05) is 6.54 Å². The van der Waals surface area contributed by atoms with Gasteiger partial charge in [-0.25, -0.2) is 0 Å². The van der Waals surface area contributed by atoms with Gasteiger partial charge in [-0.1, -0.05) is 30.7 Å². The first-order chi connectivity index (χ1) is 8.08. The lowest BCUT2D eigenvalue weighted by Gasteiger charge is -2.37. The molecule has 1 aromatic carbocycles. The van der Waals surface area contributed by atoms with Gasteiger partial charge in [-0.2, -0.15) is 0 Å². The largest absolute Gasteiger partial charge is 0.299 e. The number of hydrogen-bond donors (Lipinski definition) is 0. The van der Waals surface area contributed by atoms with Crippen LogP contribution in [-0.4, -0.2) is 23.3 Å². The van der Waals surface area contributed by atoms with Gasteiger partial charge in [-0.3, -0.25) is 9.69 Å². The van der Waals surface area contributed by atoms with Crippen molar-refractivity contribution in [3.8, 4) is 0 Å². The first-order valence-corrected chi connectivity index (χ1v) is 6.47. The second-order valence-electron chi connectivity index (χ2n) is 4.85. The van der Waals surface area contributed by atoms with Crippen molar-refractivity contribution in [1.29, 1.82) is 0 Å². The second-order valence-corrected chi connectivity index (χ2v) is 5.28. The van der Waals surface area contributed by atoms with Crippen LogP contribution < -0.4 is 0 Å². The monoisotopic (exact) mass is 251 g/mol. The lowest BCUT2D eigenvalue weighted by molar-refractivity contribution is -0.128. The van der Waals surface area contributed by atoms with E-state index in [0.29, 0.717) is 18.2 Å². The summed E-state index contributed by atoms with van der Waals surface area (Å²) in [6.07, 6.45) is 0.673. The lowest BCUT2D eigenvalue weighted by Crippen LogP contribution is -2.46. The molecule has 0 aliphatic carbocycles. The molecule has 1 aliphatic rings. The maximum absolute atomic E-state index is 11.6. The highest BCUT2D eigenvalue weighted by Crippen LogP contribution is 2.22. The number of likely N-dealkylation sites (tertiary alicyclic amines) is 1. The van der Waals surface area contributed by atoms with E-state index in [4.69, 9.17) is 11.6 Å². The molecule has 2 atom stereocenters. The summed E-state index contributed by atoms with van der Waals surface area (Å²) in [7, 11) is 0. The molecule has 3 heteroatoms. The molecule has 2 unspecified atom stereocenters. The van der Waals surface area contributed by atoms with Gasteiger partial charge in [0.1, 0.15) is 5.78 Å². The Bertz CT molecular complexity index is 418. The molecular weight excluding hydrogens is 234 g/mol. The number of hydrogen-bond acceptors (Lipinski definition) is 2. The molecular formula is C14H18ClNO. The molecule has 92 valence electrons. The summed E-state index contributed by atoms with van der Waals surface area (Å²) in [5.41, 5.74) is 1.21. The van der Waals surface area contributed by atoms with E-state index in [1.54, 1.807) is 0 Å². The van der Waals surface area contributed by atoms with E-state index in [1.807, 2.05) is 25.1 Å². The summed E-state index contributed by atoms with van der Waals surface area (Å²) in [6.45, 7) is 5.89. The molecule has 0 spiro atoms. The molecule has 0 N–H and O–H groups in total. The normalized spacial score (nSPS) is 26.2. The van der Waals surface area contributed by atoms with E-state index in [9.17, 15) is 4.79 Å². The number of carbonyl (C=O) groups is 1. The van der Waals surface area contributed by atoms with Crippen molar-refractivity contribution < 1.29 is 4.79 Å². The molecule has 2 rings (SSSR count). The van der Waals surface area contributed by atoms with Crippen molar-refractivity contribution in [2.24, 2.45) is 5.92 Å². The van der Waals surface area contributed by atoms with Crippen molar-refractivity contribution >= 4 is 17.4 Å². The highest BCUT2D eigenvalue weighted by Gasteiger charge is 2.30. The predicted molar refractivity (Wildman–Crippen MR) is 70.1 cm³/mol. The maximum Gasteiger partial charge on any atom is 0.138 e. The highest BCUT2D eigenvalue weighted by molar-refractivity contribution is 6.30. The van der Waals surface area contributed by atoms with Crippen molar-refractivity contribution in [1.82, 2.24) is 4.90 Å². The van der Waals surface area contributed by atoms with Crippen LogP contribution in [0, 0.1) is 5.92 Å². The Labute approximate surface area is 108 Å². The third-order valence-corrected chi connectivity index (χ3v) is 3.96. The molecule has 1 fully saturated rings. The van der Waals surface area contributed by atoms with Gasteiger partial charge in [0.25, 0.3) is 0 Å². The van der Waals surface area contributed by atoms with Gasteiger partial charge in [-0.05, 0) is 24.6 Å². The third-order valence-electron chi connectivity index (χ3n) is 3.73. The van der Waals surface area contributed by atoms with Crippen LogP contribution in [0.2, 0.25) is 5.02 Å². The average Bonchev–Trinajstić information content (AvgIpc) is 2.30. The van der Waals surface area contributed by atoms with E-state index in [0.717, 1.165) is 18.1 Å². The average molecular weight is 252 g/mol. The fourth-order valence-corrected chi connectivity index (χ4v) is 2.58. The summed E-state index contributed by atoms with van der Waals surface area (Å²) < 4.78 is 0. The molecule has 1 aromatic rings. The van der Waals surface area contributed by atoms with Crippen LogP contribution in [0.15, 0.2) is 24.3 Å². The first-order valence-electron chi connectivity index (χ1n) is 6.09. The molecule has 0 radical (unpaired) electrons. The van der Waals surface area contributed by atoms with Crippen LogP contribution in [0.5, 0.6) is 0 Å². The zero-order chi connectivity index (χ0) is 12.4. The Kier molecular flexibility index (Phi) is 3.85. The van der Waals surface area contributed by atoms with E-state index >= 15 is 0 Å².